The Morgan fingerprint density at radius 1 is 1.04 bits per heavy atom. The van der Waals surface area contributed by atoms with Gasteiger partial charge in [0.25, 0.3) is 5.92 Å². The second kappa shape index (κ2) is 6.02. The van der Waals surface area contributed by atoms with E-state index in [2.05, 4.69) is 4.74 Å². The quantitative estimate of drug-likeness (QED) is 0.701. The van der Waals surface area contributed by atoms with E-state index in [1.165, 1.54) is 19.3 Å². The summed E-state index contributed by atoms with van der Waals surface area (Å²) in [6, 6.07) is 0. The lowest BCUT2D eigenvalue weighted by Crippen LogP contribution is -2.50. The van der Waals surface area contributed by atoms with E-state index in [0.717, 1.165) is 19.3 Å². The molecule has 0 unspecified atom stereocenters. The van der Waals surface area contributed by atoms with E-state index in [-0.39, 0.29) is 24.4 Å². The summed E-state index contributed by atoms with van der Waals surface area (Å²) in [5, 5.41) is 0. The molecule has 23 heavy (non-hydrogen) atoms. The highest BCUT2D eigenvalue weighted by Gasteiger charge is 2.55. The van der Waals surface area contributed by atoms with E-state index in [1.54, 1.807) is 0 Å². The summed E-state index contributed by atoms with van der Waals surface area (Å²) in [7, 11) is 0. The maximum Gasteiger partial charge on any atom is 0.312 e. The van der Waals surface area contributed by atoms with Crippen LogP contribution in [0.25, 0.3) is 0 Å². The summed E-state index contributed by atoms with van der Waals surface area (Å²) in [6.45, 7) is -0.336. The Balaban J connectivity index is 1.44. The van der Waals surface area contributed by atoms with Crippen LogP contribution in [0.4, 0.5) is 8.78 Å². The van der Waals surface area contributed by atoms with Gasteiger partial charge in [0.1, 0.15) is 6.61 Å². The van der Waals surface area contributed by atoms with Gasteiger partial charge in [-0.15, -0.1) is 0 Å². The fourth-order valence-corrected chi connectivity index (χ4v) is 5.02. The lowest BCUT2D eigenvalue weighted by atomic mass is 9.49. The van der Waals surface area contributed by atoms with Crippen LogP contribution in [0.2, 0.25) is 0 Å². The third-order valence-electron chi connectivity index (χ3n) is 5.50. The van der Waals surface area contributed by atoms with Crippen molar-refractivity contribution < 1.29 is 27.8 Å². The number of hydrogen-bond donors (Lipinski definition) is 0. The van der Waals surface area contributed by atoms with Crippen LogP contribution in [0.1, 0.15) is 51.9 Å². The molecule has 0 saturated heterocycles. The minimum Gasteiger partial charge on any atom is -0.465 e. The Hall–Kier alpha value is -1.20. The lowest BCUT2D eigenvalue weighted by molar-refractivity contribution is -0.173. The zero-order valence-corrected chi connectivity index (χ0v) is 13.5. The minimum absolute atomic E-state index is 0.0886. The highest BCUT2D eigenvalue weighted by atomic mass is 19.3. The molecular weight excluding hydrogens is 306 g/mol. The predicted octanol–water partition coefficient (Wildman–Crippen LogP) is 3.33. The summed E-state index contributed by atoms with van der Waals surface area (Å²) in [5.74, 6) is -2.07. The number of esters is 2. The zero-order chi connectivity index (χ0) is 16.7. The first kappa shape index (κ1) is 16.7. The van der Waals surface area contributed by atoms with Crippen LogP contribution in [0.5, 0.6) is 0 Å². The van der Waals surface area contributed by atoms with Crippen LogP contribution in [-0.2, 0) is 19.1 Å². The van der Waals surface area contributed by atoms with E-state index in [0.29, 0.717) is 24.7 Å². The molecule has 4 fully saturated rings. The standard InChI is InChI=1S/C17H24F2O4/c1-16(18,19)10-23-14(20)2-3-22-15(21)17-7-11-4-12(8-17)6-13(5-11)9-17/h11-13H,2-10H2,1H3. The second-order valence-corrected chi connectivity index (χ2v) is 7.81. The van der Waals surface area contributed by atoms with Crippen molar-refractivity contribution in [1.29, 1.82) is 0 Å². The van der Waals surface area contributed by atoms with Gasteiger partial charge >= 0.3 is 11.9 Å². The average molecular weight is 330 g/mol. The molecule has 0 aromatic rings. The summed E-state index contributed by atoms with van der Waals surface area (Å²) < 4.78 is 34.9. The van der Waals surface area contributed by atoms with Crippen molar-refractivity contribution in [2.24, 2.45) is 23.2 Å². The minimum atomic E-state index is -3.04. The zero-order valence-electron chi connectivity index (χ0n) is 13.5. The van der Waals surface area contributed by atoms with E-state index >= 15 is 0 Å². The van der Waals surface area contributed by atoms with Gasteiger partial charge in [-0.3, -0.25) is 9.59 Å². The third-order valence-corrected chi connectivity index (χ3v) is 5.50. The molecule has 4 rings (SSSR count). The fraction of sp³-hybridized carbons (Fsp3) is 0.882. The summed E-state index contributed by atoms with van der Waals surface area (Å²) in [6.07, 6.45) is 6.27. The molecule has 4 aliphatic carbocycles. The number of carbonyl (C=O) groups excluding carboxylic acids is 2. The van der Waals surface area contributed by atoms with Gasteiger partial charge in [-0.05, 0) is 56.3 Å². The number of alkyl halides is 2. The van der Waals surface area contributed by atoms with Crippen LogP contribution >= 0.6 is 0 Å². The monoisotopic (exact) mass is 330 g/mol. The maximum absolute atomic E-state index is 12.6. The molecule has 0 spiro atoms. The van der Waals surface area contributed by atoms with Gasteiger partial charge in [0.15, 0.2) is 6.61 Å². The third kappa shape index (κ3) is 3.83. The number of carbonyl (C=O) groups is 2. The molecule has 0 aromatic heterocycles. The molecule has 0 amide bonds. The normalized spacial score (nSPS) is 35.2. The van der Waals surface area contributed by atoms with Crippen molar-refractivity contribution >= 4 is 11.9 Å². The molecule has 4 bridgehead atoms. The molecule has 0 aliphatic heterocycles. The first-order valence-electron chi connectivity index (χ1n) is 8.46. The first-order valence-corrected chi connectivity index (χ1v) is 8.46. The van der Waals surface area contributed by atoms with Crippen LogP contribution in [0.15, 0.2) is 0 Å². The molecule has 0 aromatic carbocycles. The highest BCUT2D eigenvalue weighted by molar-refractivity contribution is 5.78. The van der Waals surface area contributed by atoms with Crippen LogP contribution in [-0.4, -0.2) is 31.1 Å². The maximum atomic E-state index is 12.6. The van der Waals surface area contributed by atoms with E-state index in [4.69, 9.17) is 4.74 Å². The van der Waals surface area contributed by atoms with E-state index < -0.39 is 18.5 Å². The van der Waals surface area contributed by atoms with Gasteiger partial charge < -0.3 is 9.47 Å². The Morgan fingerprint density at radius 2 is 1.57 bits per heavy atom. The smallest absolute Gasteiger partial charge is 0.312 e. The molecule has 4 aliphatic rings. The van der Waals surface area contributed by atoms with Crippen molar-refractivity contribution in [3.05, 3.63) is 0 Å². The van der Waals surface area contributed by atoms with Crippen molar-refractivity contribution in [2.45, 2.75) is 57.8 Å². The van der Waals surface area contributed by atoms with Crippen LogP contribution in [0.3, 0.4) is 0 Å². The van der Waals surface area contributed by atoms with Gasteiger partial charge in [0.05, 0.1) is 11.8 Å². The van der Waals surface area contributed by atoms with Gasteiger partial charge in [-0.2, -0.15) is 0 Å². The largest absolute Gasteiger partial charge is 0.465 e. The first-order chi connectivity index (χ1) is 10.8. The Labute approximate surface area is 134 Å². The molecule has 4 saturated carbocycles. The molecule has 6 heteroatoms. The number of halogens is 2. The molecule has 0 heterocycles. The number of hydrogen-bond acceptors (Lipinski definition) is 4. The Kier molecular flexibility index (Phi) is 4.36. The number of rotatable bonds is 6. The van der Waals surface area contributed by atoms with Gasteiger partial charge in [-0.25, -0.2) is 8.78 Å². The highest BCUT2D eigenvalue weighted by Crippen LogP contribution is 2.60. The Bertz CT molecular complexity index is 448. The summed E-state index contributed by atoms with van der Waals surface area (Å²) in [5.41, 5.74) is -0.352. The topological polar surface area (TPSA) is 52.6 Å². The summed E-state index contributed by atoms with van der Waals surface area (Å²) >= 11 is 0. The second-order valence-electron chi connectivity index (χ2n) is 7.81. The molecule has 0 N–H and O–H groups in total. The molecule has 0 atom stereocenters. The van der Waals surface area contributed by atoms with Crippen LogP contribution < -0.4 is 0 Å². The molecular formula is C17H24F2O4. The lowest BCUT2D eigenvalue weighted by Gasteiger charge is -2.55. The molecule has 130 valence electrons. The Morgan fingerprint density at radius 3 is 2.04 bits per heavy atom. The van der Waals surface area contributed by atoms with Gasteiger partial charge in [0, 0.05) is 6.92 Å². The van der Waals surface area contributed by atoms with Crippen LogP contribution in [0, 0.1) is 23.2 Å². The van der Waals surface area contributed by atoms with Crippen molar-refractivity contribution in [1.82, 2.24) is 0 Å². The average Bonchev–Trinajstić information content (AvgIpc) is 2.43. The SMILES string of the molecule is CC(F)(F)COC(=O)CCOC(=O)C12CC3CC(CC(C3)C1)C2. The van der Waals surface area contributed by atoms with Crippen molar-refractivity contribution in [3.8, 4) is 0 Å². The van der Waals surface area contributed by atoms with Gasteiger partial charge in [-0.1, -0.05) is 0 Å². The molecule has 0 radical (unpaired) electrons. The number of ether oxygens (including phenoxy) is 2. The summed E-state index contributed by atoms with van der Waals surface area (Å²) in [4.78, 5) is 23.9. The fourth-order valence-electron chi connectivity index (χ4n) is 5.02. The van der Waals surface area contributed by atoms with Crippen molar-refractivity contribution in [3.63, 3.8) is 0 Å². The van der Waals surface area contributed by atoms with E-state index in [9.17, 15) is 18.4 Å². The molecule has 4 nitrogen and oxygen atoms in total. The van der Waals surface area contributed by atoms with E-state index in [1.807, 2.05) is 0 Å². The van der Waals surface area contributed by atoms with Crippen molar-refractivity contribution in [2.75, 3.05) is 13.2 Å². The van der Waals surface area contributed by atoms with Gasteiger partial charge in [0.2, 0.25) is 0 Å². The predicted molar refractivity (Wildman–Crippen MR) is 77.8 cm³/mol.